The molecule has 0 bridgehead atoms. The Bertz CT molecular complexity index is 699. The van der Waals surface area contributed by atoms with Gasteiger partial charge < -0.3 is 4.74 Å². The average molecular weight is 360 g/mol. The molecule has 0 spiro atoms. The minimum atomic E-state index is -4.87. The van der Waals surface area contributed by atoms with E-state index < -0.39 is 30.1 Å². The van der Waals surface area contributed by atoms with Gasteiger partial charge in [0.1, 0.15) is 0 Å². The molecule has 0 fully saturated rings. The van der Waals surface area contributed by atoms with Gasteiger partial charge in [0, 0.05) is 0 Å². The first kappa shape index (κ1) is 19.1. The van der Waals surface area contributed by atoms with Gasteiger partial charge in [-0.05, 0) is 34.9 Å². The van der Waals surface area contributed by atoms with Crippen LogP contribution in [-0.4, -0.2) is 6.61 Å². The Hall–Kier alpha value is -2.28. The van der Waals surface area contributed by atoms with E-state index in [1.54, 1.807) is 30.3 Å². The molecular weight excluding hydrogens is 346 g/mol. The van der Waals surface area contributed by atoms with Crippen LogP contribution in [0.3, 0.4) is 0 Å². The summed E-state index contributed by atoms with van der Waals surface area (Å²) in [7, 11) is 0. The Morgan fingerprint density at radius 2 is 1.36 bits per heavy atom. The fraction of sp³-hybridized carbons (Fsp3) is 0.222. The van der Waals surface area contributed by atoms with Crippen molar-refractivity contribution in [3.8, 4) is 0 Å². The maximum atomic E-state index is 12.8. The largest absolute Gasteiger partial charge is 0.416 e. The number of hydrogen-bond acceptors (Lipinski definition) is 1. The fourth-order valence-electron chi connectivity index (χ4n) is 2.15. The van der Waals surface area contributed by atoms with E-state index in [1.165, 1.54) is 0 Å². The molecule has 134 valence electrons. The Balaban J connectivity index is 2.12. The van der Waals surface area contributed by atoms with Crippen LogP contribution in [0.15, 0.2) is 55.1 Å². The topological polar surface area (TPSA) is 9.23 Å². The van der Waals surface area contributed by atoms with Gasteiger partial charge in [0.15, 0.2) is 0 Å². The van der Waals surface area contributed by atoms with Crippen molar-refractivity contribution in [3.05, 3.63) is 77.4 Å². The van der Waals surface area contributed by atoms with Crippen LogP contribution in [0.5, 0.6) is 0 Å². The van der Waals surface area contributed by atoms with Gasteiger partial charge in [0.05, 0.1) is 24.3 Å². The molecule has 25 heavy (non-hydrogen) atoms. The van der Waals surface area contributed by atoms with E-state index >= 15 is 0 Å². The van der Waals surface area contributed by atoms with Crippen molar-refractivity contribution in [2.24, 2.45) is 0 Å². The van der Waals surface area contributed by atoms with E-state index in [9.17, 15) is 26.3 Å². The monoisotopic (exact) mass is 360 g/mol. The number of halogens is 6. The molecule has 0 aliphatic carbocycles. The first-order valence-electron chi connectivity index (χ1n) is 7.16. The van der Waals surface area contributed by atoms with Crippen LogP contribution in [0.25, 0.3) is 5.57 Å². The second-order valence-corrected chi connectivity index (χ2v) is 5.38. The van der Waals surface area contributed by atoms with Gasteiger partial charge in [-0.25, -0.2) is 0 Å². The maximum absolute atomic E-state index is 12.8. The molecule has 0 atom stereocenters. The van der Waals surface area contributed by atoms with Gasteiger partial charge in [-0.2, -0.15) is 26.3 Å². The summed E-state index contributed by atoms with van der Waals surface area (Å²) in [6.07, 6.45) is -9.74. The summed E-state index contributed by atoms with van der Waals surface area (Å²) in [4.78, 5) is 0. The summed E-state index contributed by atoms with van der Waals surface area (Å²) >= 11 is 0. The molecule has 0 saturated carbocycles. The number of rotatable bonds is 5. The van der Waals surface area contributed by atoms with E-state index in [0.717, 1.165) is 5.56 Å². The zero-order chi connectivity index (χ0) is 18.7. The Morgan fingerprint density at radius 3 is 1.84 bits per heavy atom. The predicted molar refractivity (Wildman–Crippen MR) is 81.6 cm³/mol. The highest BCUT2D eigenvalue weighted by atomic mass is 19.4. The number of ether oxygens (including phenoxy) is 1. The second kappa shape index (κ2) is 7.31. The van der Waals surface area contributed by atoms with Crippen molar-refractivity contribution < 1.29 is 31.1 Å². The zero-order valence-electron chi connectivity index (χ0n) is 12.9. The molecule has 0 radical (unpaired) electrons. The van der Waals surface area contributed by atoms with E-state index in [4.69, 9.17) is 4.74 Å². The molecule has 0 saturated heterocycles. The van der Waals surface area contributed by atoms with Crippen LogP contribution >= 0.6 is 0 Å². The molecule has 2 rings (SSSR count). The lowest BCUT2D eigenvalue weighted by Gasteiger charge is -2.14. The van der Waals surface area contributed by atoms with Crippen molar-refractivity contribution in [2.45, 2.75) is 19.0 Å². The number of hydrogen-bond donors (Lipinski definition) is 0. The molecular formula is C18H14F6O. The Morgan fingerprint density at radius 1 is 0.840 bits per heavy atom. The van der Waals surface area contributed by atoms with Gasteiger partial charge in [-0.3, -0.25) is 0 Å². The van der Waals surface area contributed by atoms with Gasteiger partial charge in [-0.15, -0.1) is 0 Å². The second-order valence-electron chi connectivity index (χ2n) is 5.38. The van der Waals surface area contributed by atoms with Crippen LogP contribution in [0.4, 0.5) is 26.3 Å². The molecule has 0 aliphatic rings. The average Bonchev–Trinajstić information content (AvgIpc) is 2.53. The molecule has 7 heteroatoms. The minimum absolute atomic E-state index is 0.0123. The van der Waals surface area contributed by atoms with Gasteiger partial charge in [0.25, 0.3) is 0 Å². The molecule has 0 aromatic heterocycles. The highest BCUT2D eigenvalue weighted by molar-refractivity contribution is 5.63. The third kappa shape index (κ3) is 5.35. The van der Waals surface area contributed by atoms with Crippen LogP contribution in [0, 0.1) is 0 Å². The van der Waals surface area contributed by atoms with Crippen LogP contribution < -0.4 is 0 Å². The highest BCUT2D eigenvalue weighted by Gasteiger charge is 2.36. The third-order valence-electron chi connectivity index (χ3n) is 3.37. The summed E-state index contributed by atoms with van der Waals surface area (Å²) in [5.41, 5.74) is -1.57. The van der Waals surface area contributed by atoms with E-state index in [1.807, 2.05) is 0 Å². The fourth-order valence-corrected chi connectivity index (χ4v) is 2.15. The standard InChI is InChI=1S/C18H14F6O/c1-12(14-5-3-2-4-6-14)10-25-11-13-7-15(17(19,20)21)9-16(8-13)18(22,23)24/h2-9H,1,10-11H2. The van der Waals surface area contributed by atoms with Gasteiger partial charge in [0.2, 0.25) is 0 Å². The van der Waals surface area contributed by atoms with Crippen LogP contribution in [0.1, 0.15) is 22.3 Å². The summed E-state index contributed by atoms with van der Waals surface area (Å²) in [6.45, 7) is 3.38. The summed E-state index contributed by atoms with van der Waals surface area (Å²) in [6, 6.07) is 10.3. The van der Waals surface area contributed by atoms with E-state index in [-0.39, 0.29) is 18.2 Å². The molecule has 2 aromatic rings. The molecule has 0 N–H and O–H groups in total. The zero-order valence-corrected chi connectivity index (χ0v) is 12.9. The normalized spacial score (nSPS) is 12.2. The van der Waals surface area contributed by atoms with Crippen molar-refractivity contribution >= 4 is 5.57 Å². The quantitative estimate of drug-likeness (QED) is 0.599. The summed E-state index contributed by atoms with van der Waals surface area (Å²) < 4.78 is 82.0. The van der Waals surface area contributed by atoms with Crippen LogP contribution in [0.2, 0.25) is 0 Å². The van der Waals surface area contributed by atoms with E-state index in [0.29, 0.717) is 17.7 Å². The Labute approximate surface area is 140 Å². The molecule has 1 nitrogen and oxygen atoms in total. The van der Waals surface area contributed by atoms with Crippen molar-refractivity contribution in [1.82, 2.24) is 0 Å². The lowest BCUT2D eigenvalue weighted by molar-refractivity contribution is -0.143. The molecule has 0 unspecified atom stereocenters. The van der Waals surface area contributed by atoms with Gasteiger partial charge >= 0.3 is 12.4 Å². The SMILES string of the molecule is C=C(COCc1cc(C(F)(F)F)cc(C(F)(F)F)c1)c1ccccc1. The smallest absolute Gasteiger partial charge is 0.372 e. The molecule has 0 aliphatic heterocycles. The molecule has 0 amide bonds. The maximum Gasteiger partial charge on any atom is 0.416 e. The van der Waals surface area contributed by atoms with Crippen molar-refractivity contribution in [1.29, 1.82) is 0 Å². The van der Waals surface area contributed by atoms with Crippen LogP contribution in [-0.2, 0) is 23.7 Å². The number of alkyl halides is 6. The van der Waals surface area contributed by atoms with Crippen molar-refractivity contribution in [2.75, 3.05) is 6.61 Å². The minimum Gasteiger partial charge on any atom is -0.372 e. The van der Waals surface area contributed by atoms with Gasteiger partial charge in [-0.1, -0.05) is 36.9 Å². The summed E-state index contributed by atoms with van der Waals surface area (Å²) in [5, 5.41) is 0. The molecule has 2 aromatic carbocycles. The highest BCUT2D eigenvalue weighted by Crippen LogP contribution is 2.36. The predicted octanol–water partition coefficient (Wildman–Crippen LogP) is 5.95. The Kier molecular flexibility index (Phi) is 5.57. The first-order chi connectivity index (χ1) is 11.6. The lowest BCUT2D eigenvalue weighted by atomic mass is 10.1. The lowest BCUT2D eigenvalue weighted by Crippen LogP contribution is -2.12. The first-order valence-corrected chi connectivity index (χ1v) is 7.16. The summed E-state index contributed by atoms with van der Waals surface area (Å²) in [5.74, 6) is 0. The third-order valence-corrected chi connectivity index (χ3v) is 3.37. The van der Waals surface area contributed by atoms with Crippen molar-refractivity contribution in [3.63, 3.8) is 0 Å². The van der Waals surface area contributed by atoms with E-state index in [2.05, 4.69) is 6.58 Å². The number of benzene rings is 2. The molecule has 0 heterocycles.